The summed E-state index contributed by atoms with van der Waals surface area (Å²) >= 11 is 0. The molecule has 0 bridgehead atoms. The number of esters is 1. The Morgan fingerprint density at radius 1 is 1.03 bits per heavy atom. The third-order valence-corrected chi connectivity index (χ3v) is 4.32. The molecule has 7 nitrogen and oxygen atoms in total. The maximum Gasteiger partial charge on any atom is 0.340 e. The first-order valence-corrected chi connectivity index (χ1v) is 9.44. The third kappa shape index (κ3) is 5.49. The van der Waals surface area contributed by atoms with Gasteiger partial charge in [0.1, 0.15) is 5.76 Å². The minimum atomic E-state index is -0.612. The van der Waals surface area contributed by atoms with Crippen LogP contribution in [0.1, 0.15) is 22.5 Å². The molecular formula is C23H21N3O4. The van der Waals surface area contributed by atoms with E-state index < -0.39 is 18.5 Å². The number of benzene rings is 2. The second-order valence-corrected chi connectivity index (χ2v) is 6.34. The van der Waals surface area contributed by atoms with E-state index in [0.29, 0.717) is 23.5 Å². The van der Waals surface area contributed by atoms with Gasteiger partial charge in [-0.15, -0.1) is 0 Å². The topological polar surface area (TPSA) is 95.6 Å². The summed E-state index contributed by atoms with van der Waals surface area (Å²) < 4.78 is 10.6. The van der Waals surface area contributed by atoms with E-state index in [9.17, 15) is 9.59 Å². The van der Waals surface area contributed by atoms with Gasteiger partial charge in [-0.2, -0.15) is 5.26 Å². The number of anilines is 2. The van der Waals surface area contributed by atoms with Crippen molar-refractivity contribution in [3.63, 3.8) is 0 Å². The van der Waals surface area contributed by atoms with E-state index in [1.165, 1.54) is 4.90 Å². The number of para-hydroxylation sites is 2. The van der Waals surface area contributed by atoms with Gasteiger partial charge in [0, 0.05) is 17.9 Å². The Hall–Kier alpha value is -4.05. The number of ether oxygens (including phenoxy) is 1. The van der Waals surface area contributed by atoms with Gasteiger partial charge in [0.05, 0.1) is 30.9 Å². The Labute approximate surface area is 174 Å². The fraction of sp³-hybridized carbons (Fsp3) is 0.174. The van der Waals surface area contributed by atoms with Gasteiger partial charge < -0.3 is 19.4 Å². The summed E-state index contributed by atoms with van der Waals surface area (Å²) in [5.41, 5.74) is 1.55. The number of carbonyl (C=O) groups excluding carboxylic acids is 2. The highest BCUT2D eigenvalue weighted by molar-refractivity contribution is 5.99. The number of nitriles is 1. The fourth-order valence-electron chi connectivity index (χ4n) is 2.86. The molecule has 3 aromatic rings. The van der Waals surface area contributed by atoms with E-state index >= 15 is 0 Å². The van der Waals surface area contributed by atoms with Gasteiger partial charge in [0.15, 0.2) is 6.61 Å². The van der Waals surface area contributed by atoms with E-state index in [1.54, 1.807) is 60.9 Å². The van der Waals surface area contributed by atoms with E-state index in [4.69, 9.17) is 14.4 Å². The molecule has 3 rings (SSSR count). The number of hydrogen-bond donors (Lipinski definition) is 1. The van der Waals surface area contributed by atoms with Crippen LogP contribution in [0.15, 0.2) is 77.4 Å². The Kier molecular flexibility index (Phi) is 7.23. The summed E-state index contributed by atoms with van der Waals surface area (Å²) in [6, 6.07) is 21.5. The van der Waals surface area contributed by atoms with Crippen LogP contribution in [0, 0.1) is 11.3 Å². The van der Waals surface area contributed by atoms with Gasteiger partial charge >= 0.3 is 5.97 Å². The molecule has 152 valence electrons. The molecule has 1 heterocycles. The number of nitrogens with zero attached hydrogens (tertiary/aromatic N) is 2. The van der Waals surface area contributed by atoms with Crippen LogP contribution >= 0.6 is 0 Å². The molecule has 0 atom stereocenters. The highest BCUT2D eigenvalue weighted by atomic mass is 16.5. The molecule has 0 aliphatic rings. The van der Waals surface area contributed by atoms with Crippen molar-refractivity contribution in [2.45, 2.75) is 13.0 Å². The number of amides is 1. The molecule has 1 amide bonds. The summed E-state index contributed by atoms with van der Waals surface area (Å²) in [6.07, 6.45) is 1.75. The van der Waals surface area contributed by atoms with Crippen LogP contribution < -0.4 is 10.2 Å². The van der Waals surface area contributed by atoms with Crippen molar-refractivity contribution in [2.24, 2.45) is 0 Å². The van der Waals surface area contributed by atoms with Crippen LogP contribution in [0.4, 0.5) is 11.4 Å². The average molecular weight is 403 g/mol. The van der Waals surface area contributed by atoms with Gasteiger partial charge in [0.25, 0.3) is 5.91 Å². The molecule has 0 radical (unpaired) electrons. The predicted octanol–water partition coefficient (Wildman–Crippen LogP) is 4.00. The molecule has 2 aromatic carbocycles. The zero-order chi connectivity index (χ0) is 21.2. The van der Waals surface area contributed by atoms with Gasteiger partial charge in [0.2, 0.25) is 0 Å². The minimum Gasteiger partial charge on any atom is -0.467 e. The van der Waals surface area contributed by atoms with Crippen LogP contribution in [-0.4, -0.2) is 25.0 Å². The Morgan fingerprint density at radius 3 is 2.53 bits per heavy atom. The Balaban J connectivity index is 1.64. The normalized spacial score (nSPS) is 10.1. The number of nitrogens with one attached hydrogen (secondary N) is 1. The molecule has 1 aromatic heterocycles. The number of rotatable bonds is 9. The van der Waals surface area contributed by atoms with E-state index in [-0.39, 0.29) is 13.0 Å². The second-order valence-electron chi connectivity index (χ2n) is 6.34. The van der Waals surface area contributed by atoms with Crippen LogP contribution in [0.5, 0.6) is 0 Å². The number of hydrogen-bond acceptors (Lipinski definition) is 6. The molecule has 0 fully saturated rings. The van der Waals surface area contributed by atoms with Crippen LogP contribution in [0.25, 0.3) is 0 Å². The molecule has 0 saturated carbocycles. The lowest BCUT2D eigenvalue weighted by molar-refractivity contribution is -0.121. The minimum absolute atomic E-state index is 0.175. The van der Waals surface area contributed by atoms with Crippen LogP contribution in [-0.2, 0) is 16.1 Å². The van der Waals surface area contributed by atoms with Crippen molar-refractivity contribution in [2.75, 3.05) is 23.4 Å². The van der Waals surface area contributed by atoms with E-state index in [0.717, 1.165) is 5.76 Å². The lowest BCUT2D eigenvalue weighted by Gasteiger charge is -2.21. The first kappa shape index (κ1) is 20.7. The molecule has 1 N–H and O–H groups in total. The summed E-state index contributed by atoms with van der Waals surface area (Å²) in [5, 5.41) is 12.0. The molecule has 0 unspecified atom stereocenters. The fourth-order valence-corrected chi connectivity index (χ4v) is 2.86. The monoisotopic (exact) mass is 403 g/mol. The average Bonchev–Trinajstić information content (AvgIpc) is 3.31. The smallest absolute Gasteiger partial charge is 0.340 e. The molecular weight excluding hydrogens is 382 g/mol. The lowest BCUT2D eigenvalue weighted by Crippen LogP contribution is -2.35. The largest absolute Gasteiger partial charge is 0.467 e. The number of carbonyl (C=O) groups is 2. The van der Waals surface area contributed by atoms with Gasteiger partial charge in [-0.25, -0.2) is 4.79 Å². The van der Waals surface area contributed by atoms with E-state index in [1.807, 2.05) is 18.2 Å². The first-order valence-electron chi connectivity index (χ1n) is 9.44. The molecule has 0 aliphatic carbocycles. The first-order chi connectivity index (χ1) is 14.7. The summed E-state index contributed by atoms with van der Waals surface area (Å²) in [6.45, 7) is 0.204. The Morgan fingerprint density at radius 2 is 1.80 bits per heavy atom. The second kappa shape index (κ2) is 10.5. The predicted molar refractivity (Wildman–Crippen MR) is 112 cm³/mol. The third-order valence-electron chi connectivity index (χ3n) is 4.32. The SMILES string of the molecule is N#CCCN(C(=O)COC(=O)c1ccccc1NCc1ccco1)c1ccccc1. The maximum absolute atomic E-state index is 12.7. The summed E-state index contributed by atoms with van der Waals surface area (Å²) in [5.74, 6) is -0.283. The van der Waals surface area contributed by atoms with Crippen molar-refractivity contribution in [3.8, 4) is 6.07 Å². The molecule has 0 spiro atoms. The highest BCUT2D eigenvalue weighted by Gasteiger charge is 2.19. The zero-order valence-electron chi connectivity index (χ0n) is 16.3. The van der Waals surface area contributed by atoms with Crippen molar-refractivity contribution in [1.29, 1.82) is 5.26 Å². The summed E-state index contributed by atoms with van der Waals surface area (Å²) in [4.78, 5) is 26.7. The van der Waals surface area contributed by atoms with Crippen molar-refractivity contribution < 1.29 is 18.7 Å². The van der Waals surface area contributed by atoms with Crippen LogP contribution in [0.3, 0.4) is 0 Å². The van der Waals surface area contributed by atoms with Gasteiger partial charge in [-0.1, -0.05) is 30.3 Å². The standard InChI is InChI=1S/C23H21N3O4/c24-13-7-14-26(18-8-2-1-3-9-18)22(27)17-30-23(28)20-11-4-5-12-21(20)25-16-19-10-6-15-29-19/h1-6,8-12,15,25H,7,14,16-17H2. The van der Waals surface area contributed by atoms with E-state index in [2.05, 4.69) is 5.32 Å². The highest BCUT2D eigenvalue weighted by Crippen LogP contribution is 2.18. The molecule has 30 heavy (non-hydrogen) atoms. The maximum atomic E-state index is 12.7. The van der Waals surface area contributed by atoms with Crippen LogP contribution in [0.2, 0.25) is 0 Å². The molecule has 0 aliphatic heterocycles. The van der Waals surface area contributed by atoms with Gasteiger partial charge in [-0.3, -0.25) is 4.79 Å². The lowest BCUT2D eigenvalue weighted by atomic mass is 10.2. The van der Waals surface area contributed by atoms with Crippen molar-refractivity contribution in [1.82, 2.24) is 0 Å². The van der Waals surface area contributed by atoms with Crippen molar-refractivity contribution >= 4 is 23.3 Å². The molecule has 7 heteroatoms. The zero-order valence-corrected chi connectivity index (χ0v) is 16.3. The van der Waals surface area contributed by atoms with Gasteiger partial charge in [-0.05, 0) is 36.4 Å². The quantitative estimate of drug-likeness (QED) is 0.543. The Bertz CT molecular complexity index is 1010. The number of furan rings is 1. The summed E-state index contributed by atoms with van der Waals surface area (Å²) in [7, 11) is 0. The van der Waals surface area contributed by atoms with Crippen molar-refractivity contribution in [3.05, 3.63) is 84.3 Å². The molecule has 0 saturated heterocycles.